The van der Waals surface area contributed by atoms with Gasteiger partial charge < -0.3 is 10.4 Å². The Hall–Kier alpha value is -2.40. The van der Waals surface area contributed by atoms with Crippen molar-refractivity contribution in [3.05, 3.63) is 53.2 Å². The fraction of sp³-hybridized carbons (Fsp3) is 0.278. The molecule has 126 valence electrons. The van der Waals surface area contributed by atoms with E-state index in [0.29, 0.717) is 12.1 Å². The molecular weight excluding hydrogens is 328 g/mol. The van der Waals surface area contributed by atoms with E-state index in [-0.39, 0.29) is 16.5 Å². The van der Waals surface area contributed by atoms with Crippen LogP contribution in [0.15, 0.2) is 42.6 Å². The predicted molar refractivity (Wildman–Crippen MR) is 93.0 cm³/mol. The minimum absolute atomic E-state index is 0.140. The van der Waals surface area contributed by atoms with Crippen molar-refractivity contribution in [2.75, 3.05) is 0 Å². The largest absolute Gasteiger partial charge is 0.480 e. The van der Waals surface area contributed by atoms with Crippen LogP contribution in [-0.2, 0) is 4.79 Å². The summed E-state index contributed by atoms with van der Waals surface area (Å²) < 4.78 is 0. The van der Waals surface area contributed by atoms with Gasteiger partial charge in [0.05, 0.1) is 16.3 Å². The van der Waals surface area contributed by atoms with E-state index in [2.05, 4.69) is 10.3 Å². The van der Waals surface area contributed by atoms with E-state index in [1.54, 1.807) is 30.5 Å². The van der Waals surface area contributed by atoms with Crippen LogP contribution in [0.1, 0.15) is 30.6 Å². The number of nitrogens with one attached hydrogen (secondary N) is 1. The van der Waals surface area contributed by atoms with Crippen LogP contribution in [0.4, 0.5) is 0 Å². The number of carbonyl (C=O) groups is 2. The Kier molecular flexibility index (Phi) is 5.93. The Labute approximate surface area is 145 Å². The molecule has 0 aliphatic heterocycles. The SMILES string of the molecule is CC(C)C[C@H](NC(=O)c1cc(-c2ccccn2)ccc1Cl)C(=O)O. The zero-order valence-electron chi connectivity index (χ0n) is 13.5. The van der Waals surface area contributed by atoms with Crippen molar-refractivity contribution in [2.24, 2.45) is 5.92 Å². The monoisotopic (exact) mass is 346 g/mol. The lowest BCUT2D eigenvalue weighted by atomic mass is 10.0. The molecule has 1 aromatic carbocycles. The van der Waals surface area contributed by atoms with E-state index in [4.69, 9.17) is 11.6 Å². The summed E-state index contributed by atoms with van der Waals surface area (Å²) in [5, 5.41) is 12.1. The number of hydrogen-bond acceptors (Lipinski definition) is 3. The van der Waals surface area contributed by atoms with E-state index >= 15 is 0 Å². The number of benzene rings is 1. The highest BCUT2D eigenvalue weighted by molar-refractivity contribution is 6.34. The Bertz CT molecular complexity index is 732. The van der Waals surface area contributed by atoms with Gasteiger partial charge in [-0.25, -0.2) is 4.79 Å². The molecule has 0 unspecified atom stereocenters. The number of aromatic nitrogens is 1. The maximum atomic E-state index is 12.5. The molecule has 1 aromatic heterocycles. The molecule has 5 nitrogen and oxygen atoms in total. The first-order valence-electron chi connectivity index (χ1n) is 7.63. The molecule has 0 bridgehead atoms. The predicted octanol–water partition coefficient (Wildman–Crippen LogP) is 3.63. The molecule has 24 heavy (non-hydrogen) atoms. The normalized spacial score (nSPS) is 12.0. The third-order valence-electron chi connectivity index (χ3n) is 3.48. The lowest BCUT2D eigenvalue weighted by Crippen LogP contribution is -2.41. The molecule has 0 aliphatic carbocycles. The van der Waals surface area contributed by atoms with Gasteiger partial charge in [-0.1, -0.05) is 37.6 Å². The highest BCUT2D eigenvalue weighted by Crippen LogP contribution is 2.24. The van der Waals surface area contributed by atoms with Crippen LogP contribution in [-0.4, -0.2) is 28.0 Å². The lowest BCUT2D eigenvalue weighted by molar-refractivity contribution is -0.139. The first-order valence-corrected chi connectivity index (χ1v) is 8.01. The number of pyridine rings is 1. The third-order valence-corrected chi connectivity index (χ3v) is 3.81. The van der Waals surface area contributed by atoms with Crippen LogP contribution in [0.25, 0.3) is 11.3 Å². The molecule has 0 saturated heterocycles. The molecule has 6 heteroatoms. The average Bonchev–Trinajstić information content (AvgIpc) is 2.54. The average molecular weight is 347 g/mol. The van der Waals surface area contributed by atoms with E-state index in [9.17, 15) is 14.7 Å². The van der Waals surface area contributed by atoms with Crippen molar-refractivity contribution in [1.29, 1.82) is 0 Å². The molecule has 0 radical (unpaired) electrons. The van der Waals surface area contributed by atoms with Crippen molar-refractivity contribution in [1.82, 2.24) is 10.3 Å². The number of amides is 1. The number of carboxylic acids is 1. The van der Waals surface area contributed by atoms with Gasteiger partial charge >= 0.3 is 5.97 Å². The smallest absolute Gasteiger partial charge is 0.326 e. The number of rotatable bonds is 6. The van der Waals surface area contributed by atoms with Crippen LogP contribution in [0.2, 0.25) is 5.02 Å². The summed E-state index contributed by atoms with van der Waals surface area (Å²) in [4.78, 5) is 28.0. The summed E-state index contributed by atoms with van der Waals surface area (Å²) in [5.41, 5.74) is 1.68. The Balaban J connectivity index is 2.27. The summed E-state index contributed by atoms with van der Waals surface area (Å²) in [7, 11) is 0. The molecule has 0 fully saturated rings. The molecule has 1 amide bonds. The highest BCUT2D eigenvalue weighted by atomic mass is 35.5. The Morgan fingerprint density at radius 1 is 1.25 bits per heavy atom. The van der Waals surface area contributed by atoms with Crippen LogP contribution < -0.4 is 5.32 Å². The van der Waals surface area contributed by atoms with E-state index in [1.807, 2.05) is 26.0 Å². The topological polar surface area (TPSA) is 79.3 Å². The summed E-state index contributed by atoms with van der Waals surface area (Å²) in [5.74, 6) is -1.43. The molecule has 0 saturated carbocycles. The maximum absolute atomic E-state index is 12.5. The second kappa shape index (κ2) is 7.93. The zero-order chi connectivity index (χ0) is 17.7. The zero-order valence-corrected chi connectivity index (χ0v) is 14.2. The standard InChI is InChI=1S/C18H19ClN2O3/c1-11(2)9-16(18(23)24)21-17(22)13-10-12(6-7-14(13)19)15-5-3-4-8-20-15/h3-8,10-11,16H,9H2,1-2H3,(H,21,22)(H,23,24)/t16-/m0/s1. The molecule has 1 heterocycles. The van der Waals surface area contributed by atoms with Gasteiger partial charge in [-0.2, -0.15) is 0 Å². The van der Waals surface area contributed by atoms with Gasteiger partial charge in [0.25, 0.3) is 5.91 Å². The minimum atomic E-state index is -1.06. The van der Waals surface area contributed by atoms with Gasteiger partial charge in [-0.05, 0) is 36.6 Å². The van der Waals surface area contributed by atoms with Crippen LogP contribution in [0, 0.1) is 5.92 Å². The first-order chi connectivity index (χ1) is 11.4. The third kappa shape index (κ3) is 4.55. The van der Waals surface area contributed by atoms with E-state index < -0.39 is 17.9 Å². The fourth-order valence-corrected chi connectivity index (χ4v) is 2.52. The molecule has 2 aromatic rings. The van der Waals surface area contributed by atoms with Gasteiger partial charge in [0.1, 0.15) is 6.04 Å². The number of halogens is 1. The molecule has 2 rings (SSSR count). The van der Waals surface area contributed by atoms with Crippen LogP contribution in [0.5, 0.6) is 0 Å². The van der Waals surface area contributed by atoms with Crippen LogP contribution in [0.3, 0.4) is 0 Å². The number of carboxylic acid groups (broad SMARTS) is 1. The van der Waals surface area contributed by atoms with Crippen molar-refractivity contribution in [3.63, 3.8) is 0 Å². The van der Waals surface area contributed by atoms with Gasteiger partial charge in [0.2, 0.25) is 0 Å². The van der Waals surface area contributed by atoms with Gasteiger partial charge in [0.15, 0.2) is 0 Å². The number of carbonyl (C=O) groups excluding carboxylic acids is 1. The quantitative estimate of drug-likeness (QED) is 0.837. The van der Waals surface area contributed by atoms with Crippen molar-refractivity contribution in [2.45, 2.75) is 26.3 Å². The second-order valence-corrected chi connectivity index (χ2v) is 6.31. The van der Waals surface area contributed by atoms with Gasteiger partial charge in [0, 0.05) is 11.8 Å². The second-order valence-electron chi connectivity index (χ2n) is 5.90. The van der Waals surface area contributed by atoms with Gasteiger partial charge in [-0.3, -0.25) is 9.78 Å². The van der Waals surface area contributed by atoms with Crippen LogP contribution >= 0.6 is 11.6 Å². The number of aliphatic carboxylic acids is 1. The molecule has 0 aliphatic rings. The molecule has 1 atom stereocenters. The van der Waals surface area contributed by atoms with E-state index in [1.165, 1.54) is 0 Å². The minimum Gasteiger partial charge on any atom is -0.480 e. The maximum Gasteiger partial charge on any atom is 0.326 e. The summed E-state index contributed by atoms with van der Waals surface area (Å²) >= 11 is 6.12. The van der Waals surface area contributed by atoms with Gasteiger partial charge in [-0.15, -0.1) is 0 Å². The van der Waals surface area contributed by atoms with Crippen molar-refractivity contribution in [3.8, 4) is 11.3 Å². The molecule has 2 N–H and O–H groups in total. The number of nitrogens with zero attached hydrogens (tertiary/aromatic N) is 1. The fourth-order valence-electron chi connectivity index (χ4n) is 2.32. The van der Waals surface area contributed by atoms with Crippen molar-refractivity contribution >= 4 is 23.5 Å². The Morgan fingerprint density at radius 2 is 2.00 bits per heavy atom. The molecular formula is C18H19ClN2O3. The Morgan fingerprint density at radius 3 is 2.58 bits per heavy atom. The van der Waals surface area contributed by atoms with Crippen molar-refractivity contribution < 1.29 is 14.7 Å². The van der Waals surface area contributed by atoms with E-state index in [0.717, 1.165) is 5.56 Å². The number of hydrogen-bond donors (Lipinski definition) is 2. The summed E-state index contributed by atoms with van der Waals surface area (Å²) in [6.07, 6.45) is 2.01. The first kappa shape index (κ1) is 17.9. The lowest BCUT2D eigenvalue weighted by Gasteiger charge is -2.17. The molecule has 0 spiro atoms. The summed E-state index contributed by atoms with van der Waals surface area (Å²) in [6.45, 7) is 3.80. The summed E-state index contributed by atoms with van der Waals surface area (Å²) in [6, 6.07) is 9.52. The highest BCUT2D eigenvalue weighted by Gasteiger charge is 2.23.